The van der Waals surface area contributed by atoms with Gasteiger partial charge < -0.3 is 14.8 Å². The fourth-order valence-electron chi connectivity index (χ4n) is 2.61. The highest BCUT2D eigenvalue weighted by Crippen LogP contribution is 2.22. The molecule has 0 saturated heterocycles. The van der Waals surface area contributed by atoms with E-state index >= 15 is 0 Å². The van der Waals surface area contributed by atoms with Crippen molar-refractivity contribution >= 4 is 17.0 Å². The molecule has 0 aliphatic carbocycles. The van der Waals surface area contributed by atoms with Crippen molar-refractivity contribution in [1.29, 1.82) is 0 Å². The molecule has 0 aliphatic rings. The van der Waals surface area contributed by atoms with Gasteiger partial charge in [-0.05, 0) is 30.9 Å². The molecule has 5 heteroatoms. The van der Waals surface area contributed by atoms with Gasteiger partial charge in [0, 0.05) is 19.6 Å². The SMILES string of the molecule is CCc1nc2cccc(C(=O)O)c2n1CCCC(C)CO. The molecule has 2 rings (SSSR count). The van der Waals surface area contributed by atoms with Crippen molar-refractivity contribution in [3.63, 3.8) is 0 Å². The van der Waals surface area contributed by atoms with Crippen molar-refractivity contribution in [3.05, 3.63) is 29.6 Å². The lowest BCUT2D eigenvalue weighted by atomic mass is 10.1. The fourth-order valence-corrected chi connectivity index (χ4v) is 2.61. The number of para-hydroxylation sites is 1. The van der Waals surface area contributed by atoms with Crippen LogP contribution in [0, 0.1) is 5.92 Å². The molecule has 5 nitrogen and oxygen atoms in total. The molecule has 21 heavy (non-hydrogen) atoms. The highest BCUT2D eigenvalue weighted by molar-refractivity contribution is 6.01. The molecule has 2 aromatic rings. The minimum absolute atomic E-state index is 0.186. The number of nitrogens with zero attached hydrogens (tertiary/aromatic N) is 2. The molecule has 114 valence electrons. The summed E-state index contributed by atoms with van der Waals surface area (Å²) < 4.78 is 2.02. The number of hydrogen-bond donors (Lipinski definition) is 2. The Hall–Kier alpha value is -1.88. The molecule has 1 aromatic carbocycles. The predicted octanol–water partition coefficient (Wildman–Crippen LogP) is 2.71. The van der Waals surface area contributed by atoms with Crippen LogP contribution in [0.5, 0.6) is 0 Å². The van der Waals surface area contributed by atoms with Gasteiger partial charge in [0.15, 0.2) is 0 Å². The summed E-state index contributed by atoms with van der Waals surface area (Å²) in [5.41, 5.74) is 1.75. The Bertz CT molecular complexity index is 634. The van der Waals surface area contributed by atoms with Crippen molar-refractivity contribution < 1.29 is 15.0 Å². The Labute approximate surface area is 124 Å². The number of benzene rings is 1. The quantitative estimate of drug-likeness (QED) is 0.822. The van der Waals surface area contributed by atoms with Crippen molar-refractivity contribution in [2.24, 2.45) is 5.92 Å². The van der Waals surface area contributed by atoms with E-state index < -0.39 is 5.97 Å². The molecule has 1 heterocycles. The number of carbonyl (C=O) groups is 1. The van der Waals surface area contributed by atoms with E-state index in [-0.39, 0.29) is 12.5 Å². The zero-order chi connectivity index (χ0) is 15.4. The zero-order valence-electron chi connectivity index (χ0n) is 12.5. The smallest absolute Gasteiger partial charge is 0.337 e. The van der Waals surface area contributed by atoms with E-state index in [1.54, 1.807) is 12.1 Å². The number of rotatable bonds is 7. The van der Waals surface area contributed by atoms with E-state index in [1.165, 1.54) is 0 Å². The summed E-state index contributed by atoms with van der Waals surface area (Å²) in [6.45, 7) is 4.95. The highest BCUT2D eigenvalue weighted by atomic mass is 16.4. The minimum atomic E-state index is -0.923. The van der Waals surface area contributed by atoms with Crippen molar-refractivity contribution in [3.8, 4) is 0 Å². The van der Waals surface area contributed by atoms with Crippen LogP contribution >= 0.6 is 0 Å². The number of hydrogen-bond acceptors (Lipinski definition) is 3. The lowest BCUT2D eigenvalue weighted by molar-refractivity contribution is 0.0698. The second-order valence-corrected chi connectivity index (χ2v) is 5.44. The van der Waals surface area contributed by atoms with Gasteiger partial charge in [-0.25, -0.2) is 9.78 Å². The number of aromatic carboxylic acids is 1. The van der Waals surface area contributed by atoms with Crippen molar-refractivity contribution in [2.45, 2.75) is 39.7 Å². The molecule has 0 bridgehead atoms. The first-order valence-electron chi connectivity index (χ1n) is 7.40. The van der Waals surface area contributed by atoms with Crippen molar-refractivity contribution in [1.82, 2.24) is 9.55 Å². The highest BCUT2D eigenvalue weighted by Gasteiger charge is 2.16. The third kappa shape index (κ3) is 3.24. The Kier molecular flexibility index (Phi) is 4.96. The fraction of sp³-hybridized carbons (Fsp3) is 0.500. The van der Waals surface area contributed by atoms with Gasteiger partial charge in [-0.1, -0.05) is 19.9 Å². The normalized spacial score (nSPS) is 12.7. The van der Waals surface area contributed by atoms with Crippen LogP contribution in [0.2, 0.25) is 0 Å². The van der Waals surface area contributed by atoms with Crippen LogP contribution in [0.1, 0.15) is 42.9 Å². The van der Waals surface area contributed by atoms with Crippen LogP contribution in [0.4, 0.5) is 0 Å². The average Bonchev–Trinajstić information content (AvgIpc) is 2.84. The summed E-state index contributed by atoms with van der Waals surface area (Å²) in [7, 11) is 0. The van der Waals surface area contributed by atoms with Crippen LogP contribution < -0.4 is 0 Å². The van der Waals surface area contributed by atoms with Crippen LogP contribution in [-0.2, 0) is 13.0 Å². The second-order valence-electron chi connectivity index (χ2n) is 5.44. The number of aryl methyl sites for hydroxylation is 2. The first-order chi connectivity index (χ1) is 10.1. The van der Waals surface area contributed by atoms with E-state index in [0.717, 1.165) is 37.1 Å². The molecule has 0 radical (unpaired) electrons. The van der Waals surface area contributed by atoms with E-state index in [4.69, 9.17) is 5.11 Å². The largest absolute Gasteiger partial charge is 0.478 e. The summed E-state index contributed by atoms with van der Waals surface area (Å²) in [6.07, 6.45) is 2.58. The van der Waals surface area contributed by atoms with Gasteiger partial charge in [0.2, 0.25) is 0 Å². The number of imidazole rings is 1. The summed E-state index contributed by atoms with van der Waals surface area (Å²) in [5, 5.41) is 18.5. The Morgan fingerprint density at radius 2 is 2.19 bits per heavy atom. The van der Waals surface area contributed by atoms with E-state index in [9.17, 15) is 9.90 Å². The molecule has 1 aromatic heterocycles. The maximum absolute atomic E-state index is 11.4. The molecular weight excluding hydrogens is 268 g/mol. The number of aliphatic hydroxyl groups excluding tert-OH is 1. The number of aromatic nitrogens is 2. The maximum atomic E-state index is 11.4. The number of carboxylic acid groups (broad SMARTS) is 1. The molecule has 0 spiro atoms. The van der Waals surface area contributed by atoms with Gasteiger partial charge in [0.05, 0.1) is 16.6 Å². The molecule has 2 N–H and O–H groups in total. The van der Waals surface area contributed by atoms with Gasteiger partial charge in [-0.15, -0.1) is 0 Å². The van der Waals surface area contributed by atoms with Crippen LogP contribution in [0.25, 0.3) is 11.0 Å². The molecule has 0 fully saturated rings. The molecule has 1 atom stereocenters. The predicted molar refractivity (Wildman–Crippen MR) is 81.6 cm³/mol. The summed E-state index contributed by atoms with van der Waals surface area (Å²) in [6, 6.07) is 5.21. The summed E-state index contributed by atoms with van der Waals surface area (Å²) >= 11 is 0. The topological polar surface area (TPSA) is 75.3 Å². The molecular formula is C16H22N2O3. The van der Waals surface area contributed by atoms with Crippen LogP contribution in [-0.4, -0.2) is 32.3 Å². The van der Waals surface area contributed by atoms with E-state index in [1.807, 2.05) is 24.5 Å². The molecule has 0 aliphatic heterocycles. The van der Waals surface area contributed by atoms with Crippen LogP contribution in [0.3, 0.4) is 0 Å². The maximum Gasteiger partial charge on any atom is 0.337 e. The average molecular weight is 290 g/mol. The number of fused-ring (bicyclic) bond motifs is 1. The van der Waals surface area contributed by atoms with Crippen LogP contribution in [0.15, 0.2) is 18.2 Å². The Morgan fingerprint density at radius 1 is 1.43 bits per heavy atom. The molecule has 0 saturated carbocycles. The lowest BCUT2D eigenvalue weighted by Crippen LogP contribution is -2.09. The Balaban J connectivity index is 2.37. The molecule has 1 unspecified atom stereocenters. The number of carboxylic acids is 1. The summed E-state index contributed by atoms with van der Waals surface area (Å²) in [4.78, 5) is 16.0. The van der Waals surface area contributed by atoms with Gasteiger partial charge in [-0.2, -0.15) is 0 Å². The third-order valence-electron chi connectivity index (χ3n) is 3.78. The monoisotopic (exact) mass is 290 g/mol. The summed E-state index contributed by atoms with van der Waals surface area (Å²) in [5.74, 6) is 0.257. The standard InChI is InChI=1S/C16H22N2O3/c1-3-14-17-13-8-4-7-12(16(20)21)15(13)18(14)9-5-6-11(2)10-19/h4,7-8,11,19H,3,5-6,9-10H2,1-2H3,(H,20,21). The van der Waals surface area contributed by atoms with E-state index in [2.05, 4.69) is 4.98 Å². The Morgan fingerprint density at radius 3 is 2.81 bits per heavy atom. The van der Waals surface area contributed by atoms with E-state index in [0.29, 0.717) is 11.1 Å². The third-order valence-corrected chi connectivity index (χ3v) is 3.78. The van der Waals surface area contributed by atoms with Gasteiger partial charge in [0.25, 0.3) is 0 Å². The second kappa shape index (κ2) is 6.72. The van der Waals surface area contributed by atoms with Gasteiger partial charge in [0.1, 0.15) is 5.82 Å². The van der Waals surface area contributed by atoms with Gasteiger partial charge in [-0.3, -0.25) is 0 Å². The first-order valence-corrected chi connectivity index (χ1v) is 7.40. The minimum Gasteiger partial charge on any atom is -0.478 e. The number of aliphatic hydroxyl groups is 1. The van der Waals surface area contributed by atoms with Crippen molar-refractivity contribution in [2.75, 3.05) is 6.61 Å². The van der Waals surface area contributed by atoms with Gasteiger partial charge >= 0.3 is 5.97 Å². The zero-order valence-corrected chi connectivity index (χ0v) is 12.5. The first kappa shape index (κ1) is 15.5. The lowest BCUT2D eigenvalue weighted by Gasteiger charge is -2.11. The molecule has 0 amide bonds.